The third kappa shape index (κ3) is 6.51. The molecule has 3 amide bonds. The number of benzene rings is 3. The van der Waals surface area contributed by atoms with Gasteiger partial charge in [-0.3, -0.25) is 4.79 Å². The Labute approximate surface area is 230 Å². The number of hydrogen-bond donors (Lipinski definition) is 2. The van der Waals surface area contributed by atoms with Crippen molar-refractivity contribution in [1.29, 1.82) is 0 Å². The molecule has 0 radical (unpaired) electrons. The van der Waals surface area contributed by atoms with E-state index in [0.29, 0.717) is 11.5 Å². The van der Waals surface area contributed by atoms with Crippen LogP contribution >= 0.6 is 0 Å². The predicted octanol–water partition coefficient (Wildman–Crippen LogP) is 7.06. The number of aryl methyl sites for hydroxylation is 2. The van der Waals surface area contributed by atoms with Crippen LogP contribution in [-0.4, -0.2) is 39.2 Å². The van der Waals surface area contributed by atoms with E-state index in [1.54, 1.807) is 18.5 Å². The van der Waals surface area contributed by atoms with Crippen LogP contribution in [-0.2, 0) is 11.0 Å². The number of rotatable bonds is 7. The second-order valence-corrected chi connectivity index (χ2v) is 9.70. The van der Waals surface area contributed by atoms with Gasteiger partial charge in [0, 0.05) is 17.3 Å². The number of halogens is 3. The van der Waals surface area contributed by atoms with E-state index >= 15 is 0 Å². The molecule has 0 aliphatic heterocycles. The molecular formula is C30H30F3N5O2. The molecule has 0 fully saturated rings. The zero-order chi connectivity index (χ0) is 29.0. The molecule has 4 aromatic rings. The molecule has 40 heavy (non-hydrogen) atoms. The summed E-state index contributed by atoms with van der Waals surface area (Å²) >= 11 is 0. The van der Waals surface area contributed by atoms with Crippen molar-refractivity contribution in [2.24, 2.45) is 0 Å². The third-order valence-electron chi connectivity index (χ3n) is 6.30. The average Bonchev–Trinajstić information content (AvgIpc) is 3.22. The summed E-state index contributed by atoms with van der Waals surface area (Å²) in [5.41, 5.74) is 3.20. The lowest BCUT2D eigenvalue weighted by Crippen LogP contribution is -2.44. The highest BCUT2D eigenvalue weighted by Gasteiger charge is 2.31. The van der Waals surface area contributed by atoms with Crippen molar-refractivity contribution >= 4 is 23.4 Å². The van der Waals surface area contributed by atoms with E-state index in [2.05, 4.69) is 10.6 Å². The maximum atomic E-state index is 13.4. The number of nitrogens with one attached hydrogen (secondary N) is 2. The summed E-state index contributed by atoms with van der Waals surface area (Å²) < 4.78 is 41.0. The Bertz CT molecular complexity index is 1500. The SMILES string of the molecule is Cc1ccc(-n2nc(C)c(-c3ccccc3)c2NC(=O)CN(C(=O)Nc2cccc(C(F)(F)F)c2)C(C)C)cc1. The standard InChI is InChI=1S/C30H30F3N5O2/c1-19(2)37(29(40)34-24-12-8-11-23(17-24)30(31,32)33)18-26(39)35-28-27(22-9-6-5-7-10-22)21(4)36-38(28)25-15-13-20(3)14-16-25/h5-17,19H,18H2,1-4H3,(H,34,40)(H,35,39). The van der Waals surface area contributed by atoms with Crippen LogP contribution in [0.25, 0.3) is 16.8 Å². The van der Waals surface area contributed by atoms with E-state index in [1.807, 2.05) is 68.4 Å². The fraction of sp³-hybridized carbons (Fsp3) is 0.233. The molecule has 0 aliphatic rings. The van der Waals surface area contributed by atoms with Gasteiger partial charge in [-0.25, -0.2) is 9.48 Å². The van der Waals surface area contributed by atoms with Crippen LogP contribution in [0.1, 0.15) is 30.7 Å². The van der Waals surface area contributed by atoms with Crippen molar-refractivity contribution in [2.45, 2.75) is 39.9 Å². The molecule has 0 saturated carbocycles. The summed E-state index contributed by atoms with van der Waals surface area (Å²) in [6.45, 7) is 6.92. The summed E-state index contributed by atoms with van der Waals surface area (Å²) in [7, 11) is 0. The van der Waals surface area contributed by atoms with Crippen LogP contribution < -0.4 is 10.6 Å². The smallest absolute Gasteiger partial charge is 0.313 e. The number of carbonyl (C=O) groups excluding carboxylic acids is 2. The van der Waals surface area contributed by atoms with Gasteiger partial charge >= 0.3 is 12.2 Å². The summed E-state index contributed by atoms with van der Waals surface area (Å²) in [5, 5.41) is 10.1. The van der Waals surface area contributed by atoms with Crippen molar-refractivity contribution < 1.29 is 22.8 Å². The molecule has 0 spiro atoms. The Kier molecular flexibility index (Phi) is 8.27. The van der Waals surface area contributed by atoms with Gasteiger partial charge in [-0.1, -0.05) is 54.1 Å². The maximum Gasteiger partial charge on any atom is 0.416 e. The number of nitrogens with zero attached hydrogens (tertiary/aromatic N) is 3. The number of carbonyl (C=O) groups is 2. The van der Waals surface area contributed by atoms with Crippen molar-refractivity contribution in [1.82, 2.24) is 14.7 Å². The first-order chi connectivity index (χ1) is 18.9. The number of amides is 3. The van der Waals surface area contributed by atoms with E-state index in [4.69, 9.17) is 5.10 Å². The Morgan fingerprint density at radius 3 is 2.23 bits per heavy atom. The summed E-state index contributed by atoms with van der Waals surface area (Å²) in [6.07, 6.45) is -4.55. The molecule has 1 heterocycles. The van der Waals surface area contributed by atoms with Gasteiger partial charge in [0.25, 0.3) is 0 Å². The minimum atomic E-state index is -4.55. The van der Waals surface area contributed by atoms with Crippen LogP contribution in [0.15, 0.2) is 78.9 Å². The Balaban J connectivity index is 1.61. The third-order valence-corrected chi connectivity index (χ3v) is 6.30. The highest BCUT2D eigenvalue weighted by Crippen LogP contribution is 2.34. The molecule has 0 aliphatic carbocycles. The van der Waals surface area contributed by atoms with Gasteiger partial charge in [-0.2, -0.15) is 18.3 Å². The van der Waals surface area contributed by atoms with Crippen molar-refractivity contribution in [3.63, 3.8) is 0 Å². The van der Waals surface area contributed by atoms with Crippen LogP contribution in [0.3, 0.4) is 0 Å². The van der Waals surface area contributed by atoms with Gasteiger partial charge < -0.3 is 15.5 Å². The van der Waals surface area contributed by atoms with E-state index in [9.17, 15) is 22.8 Å². The van der Waals surface area contributed by atoms with E-state index < -0.39 is 29.7 Å². The Morgan fingerprint density at radius 1 is 0.925 bits per heavy atom. The molecule has 0 bridgehead atoms. The minimum Gasteiger partial charge on any atom is -0.313 e. The molecule has 0 saturated heterocycles. The zero-order valence-electron chi connectivity index (χ0n) is 22.6. The normalized spacial score (nSPS) is 11.4. The lowest BCUT2D eigenvalue weighted by molar-refractivity contribution is -0.137. The van der Waals surface area contributed by atoms with E-state index in [-0.39, 0.29) is 12.2 Å². The number of anilines is 2. The minimum absolute atomic E-state index is 0.0229. The first-order valence-electron chi connectivity index (χ1n) is 12.7. The van der Waals surface area contributed by atoms with Crippen LogP contribution in [0.2, 0.25) is 0 Å². The van der Waals surface area contributed by atoms with Gasteiger partial charge in [0.2, 0.25) is 5.91 Å². The molecule has 0 unspecified atom stereocenters. The molecule has 1 aromatic heterocycles. The number of urea groups is 1. The fourth-order valence-corrected chi connectivity index (χ4v) is 4.25. The number of aromatic nitrogens is 2. The Hall–Kier alpha value is -4.60. The first-order valence-corrected chi connectivity index (χ1v) is 12.7. The number of hydrogen-bond acceptors (Lipinski definition) is 3. The second kappa shape index (κ2) is 11.6. The zero-order valence-corrected chi connectivity index (χ0v) is 22.6. The molecule has 3 aromatic carbocycles. The Morgan fingerprint density at radius 2 is 1.60 bits per heavy atom. The topological polar surface area (TPSA) is 79.3 Å². The summed E-state index contributed by atoms with van der Waals surface area (Å²) in [6, 6.07) is 20.4. The summed E-state index contributed by atoms with van der Waals surface area (Å²) in [5.74, 6) is -0.0436. The van der Waals surface area contributed by atoms with Gasteiger partial charge in [0.15, 0.2) is 0 Å². The number of alkyl halides is 3. The van der Waals surface area contributed by atoms with Crippen LogP contribution in [0.4, 0.5) is 29.5 Å². The molecule has 10 heteroatoms. The average molecular weight is 550 g/mol. The van der Waals surface area contributed by atoms with Gasteiger partial charge in [-0.15, -0.1) is 0 Å². The summed E-state index contributed by atoms with van der Waals surface area (Å²) in [4.78, 5) is 27.7. The monoisotopic (exact) mass is 549 g/mol. The van der Waals surface area contributed by atoms with Gasteiger partial charge in [0.05, 0.1) is 16.9 Å². The second-order valence-electron chi connectivity index (χ2n) is 9.70. The maximum absolute atomic E-state index is 13.4. The van der Waals surface area contributed by atoms with Gasteiger partial charge in [-0.05, 0) is 63.6 Å². The van der Waals surface area contributed by atoms with Crippen molar-refractivity contribution in [3.05, 3.63) is 95.7 Å². The molecule has 7 nitrogen and oxygen atoms in total. The van der Waals surface area contributed by atoms with E-state index in [1.165, 1.54) is 17.0 Å². The highest BCUT2D eigenvalue weighted by atomic mass is 19.4. The van der Waals surface area contributed by atoms with Gasteiger partial charge in [0.1, 0.15) is 12.4 Å². The van der Waals surface area contributed by atoms with Crippen molar-refractivity contribution in [3.8, 4) is 16.8 Å². The van der Waals surface area contributed by atoms with Crippen LogP contribution in [0.5, 0.6) is 0 Å². The molecule has 2 N–H and O–H groups in total. The predicted molar refractivity (Wildman–Crippen MR) is 149 cm³/mol. The van der Waals surface area contributed by atoms with Crippen molar-refractivity contribution in [2.75, 3.05) is 17.2 Å². The molecule has 208 valence electrons. The van der Waals surface area contributed by atoms with Crippen LogP contribution in [0, 0.1) is 13.8 Å². The molecular weight excluding hydrogens is 519 g/mol. The van der Waals surface area contributed by atoms with E-state index in [0.717, 1.165) is 34.5 Å². The lowest BCUT2D eigenvalue weighted by Gasteiger charge is -2.26. The quantitative estimate of drug-likeness (QED) is 0.259. The molecule has 0 atom stereocenters. The molecule has 4 rings (SSSR count). The largest absolute Gasteiger partial charge is 0.416 e. The first kappa shape index (κ1) is 28.4. The highest BCUT2D eigenvalue weighted by molar-refractivity contribution is 5.99. The lowest BCUT2D eigenvalue weighted by atomic mass is 10.1. The fourth-order valence-electron chi connectivity index (χ4n) is 4.25.